The molecule has 2 fully saturated rings. The van der Waals surface area contributed by atoms with Gasteiger partial charge in [-0.05, 0) is 31.0 Å². The Balaban J connectivity index is 1.45. The molecule has 0 radical (unpaired) electrons. The van der Waals surface area contributed by atoms with Crippen LogP contribution >= 0.6 is 23.5 Å². The molecule has 2 amide bonds. The van der Waals surface area contributed by atoms with E-state index >= 15 is 0 Å². The molecule has 0 aromatic heterocycles. The van der Waals surface area contributed by atoms with Crippen molar-refractivity contribution in [3.8, 4) is 0 Å². The number of benzene rings is 1. The third-order valence-corrected chi connectivity index (χ3v) is 8.64. The Morgan fingerprint density at radius 3 is 2.58 bits per heavy atom. The van der Waals surface area contributed by atoms with Crippen LogP contribution in [0.2, 0.25) is 0 Å². The zero-order valence-electron chi connectivity index (χ0n) is 20.4. The molecule has 0 saturated carbocycles. The Bertz CT molecular complexity index is 1170. The third-order valence-electron chi connectivity index (χ3n) is 5.93. The summed E-state index contributed by atoms with van der Waals surface area (Å²) in [5.41, 5.74) is 0.564. The maximum atomic E-state index is 13.0. The van der Waals surface area contributed by atoms with Crippen LogP contribution in [0.1, 0.15) is 32.3 Å². The molecule has 1 aromatic rings. The number of rotatable bonds is 9. The zero-order valence-corrected chi connectivity index (χ0v) is 22.1. The number of fused-ring (bicyclic) bond motifs is 1. The highest BCUT2D eigenvalue weighted by Crippen LogP contribution is 2.52. The van der Waals surface area contributed by atoms with E-state index in [9.17, 15) is 34.4 Å². The average Bonchev–Trinajstić information content (AvgIpc) is 3.39. The summed E-state index contributed by atoms with van der Waals surface area (Å²) in [6.07, 6.45) is -1.29. The van der Waals surface area contributed by atoms with Gasteiger partial charge in [0, 0.05) is 30.9 Å². The summed E-state index contributed by atoms with van der Waals surface area (Å²) in [6.45, 7) is 2.62. The SMILES string of the molecule is CC(=O)OCC1C[C@H](SC2=C(C(=O)O[C@H](C)O)N3C(=O)C[C@H]3S2)CN1C(=O)OCc1ccc([N+](=O)[O-])cc1. The average molecular weight is 568 g/mol. The van der Waals surface area contributed by atoms with Crippen molar-refractivity contribution in [1.82, 2.24) is 9.80 Å². The van der Waals surface area contributed by atoms with Crippen molar-refractivity contribution in [3.63, 3.8) is 0 Å². The minimum absolute atomic E-state index is 0.0463. The van der Waals surface area contributed by atoms with E-state index in [0.29, 0.717) is 16.2 Å². The van der Waals surface area contributed by atoms with Crippen molar-refractivity contribution in [2.24, 2.45) is 0 Å². The van der Waals surface area contributed by atoms with E-state index < -0.39 is 35.3 Å². The Hall–Kier alpha value is -3.30. The van der Waals surface area contributed by atoms with E-state index in [-0.39, 0.29) is 54.1 Å². The van der Waals surface area contributed by atoms with Gasteiger partial charge in [-0.3, -0.25) is 24.6 Å². The number of nitro benzene ring substituents is 1. The number of β-lactam (4-membered cyclic amide) rings is 1. The first-order valence-electron chi connectivity index (χ1n) is 11.6. The summed E-state index contributed by atoms with van der Waals surface area (Å²) in [6, 6.07) is 5.13. The summed E-state index contributed by atoms with van der Waals surface area (Å²) in [4.78, 5) is 62.2. The van der Waals surface area contributed by atoms with Gasteiger partial charge in [-0.25, -0.2) is 9.59 Å². The number of likely N-dealkylation sites (tertiary alicyclic amines) is 1. The second-order valence-electron chi connectivity index (χ2n) is 8.74. The van der Waals surface area contributed by atoms with Crippen molar-refractivity contribution in [2.75, 3.05) is 13.2 Å². The quantitative estimate of drug-likeness (QED) is 0.116. The molecule has 1 aromatic carbocycles. The van der Waals surface area contributed by atoms with Crippen LogP contribution in [0.25, 0.3) is 0 Å². The molecule has 3 aliphatic rings. The molecule has 4 atom stereocenters. The molecule has 204 valence electrons. The summed E-state index contributed by atoms with van der Waals surface area (Å²) in [5.74, 6) is -1.52. The second kappa shape index (κ2) is 11.6. The van der Waals surface area contributed by atoms with Crippen LogP contribution in [0.15, 0.2) is 34.2 Å². The smallest absolute Gasteiger partial charge is 0.410 e. The lowest BCUT2D eigenvalue weighted by Crippen LogP contribution is -2.48. The van der Waals surface area contributed by atoms with Gasteiger partial charge in [-0.2, -0.15) is 0 Å². The molecular weight excluding hydrogens is 542 g/mol. The highest BCUT2D eigenvalue weighted by Gasteiger charge is 2.50. The van der Waals surface area contributed by atoms with Crippen LogP contribution in [0.5, 0.6) is 0 Å². The van der Waals surface area contributed by atoms with E-state index in [1.807, 2.05) is 0 Å². The molecule has 4 rings (SSSR count). The number of aliphatic hydroxyl groups is 1. The number of hydrogen-bond donors (Lipinski definition) is 1. The number of carbonyl (C=O) groups is 4. The molecule has 13 nitrogen and oxygen atoms in total. The molecule has 1 N–H and O–H groups in total. The molecule has 15 heteroatoms. The summed E-state index contributed by atoms with van der Waals surface area (Å²) >= 11 is 2.67. The zero-order chi connectivity index (χ0) is 27.6. The topological polar surface area (TPSA) is 166 Å². The highest BCUT2D eigenvalue weighted by atomic mass is 32.2. The number of nitro groups is 1. The Labute approximate surface area is 225 Å². The number of nitrogens with zero attached hydrogens (tertiary/aromatic N) is 3. The number of hydrogen-bond acceptors (Lipinski definition) is 12. The number of esters is 2. The van der Waals surface area contributed by atoms with Crippen molar-refractivity contribution in [1.29, 1.82) is 0 Å². The van der Waals surface area contributed by atoms with Crippen LogP contribution in [-0.2, 0) is 35.2 Å². The molecule has 38 heavy (non-hydrogen) atoms. The molecule has 3 heterocycles. The fourth-order valence-electron chi connectivity index (χ4n) is 4.15. The summed E-state index contributed by atoms with van der Waals surface area (Å²) in [5, 5.41) is 19.9. The van der Waals surface area contributed by atoms with Gasteiger partial charge in [0.1, 0.15) is 13.2 Å². The minimum Gasteiger partial charge on any atom is -0.464 e. The second-order valence-corrected chi connectivity index (χ2v) is 11.5. The summed E-state index contributed by atoms with van der Waals surface area (Å²) in [7, 11) is 0. The van der Waals surface area contributed by atoms with Gasteiger partial charge in [-0.1, -0.05) is 11.8 Å². The monoisotopic (exact) mass is 567 g/mol. The molecule has 1 unspecified atom stereocenters. The van der Waals surface area contributed by atoms with Crippen LogP contribution < -0.4 is 0 Å². The number of ether oxygens (including phenoxy) is 3. The van der Waals surface area contributed by atoms with Crippen molar-refractivity contribution in [3.05, 3.63) is 49.9 Å². The predicted octanol–water partition coefficient (Wildman–Crippen LogP) is 2.33. The van der Waals surface area contributed by atoms with Gasteiger partial charge in [0.25, 0.3) is 5.69 Å². The van der Waals surface area contributed by atoms with Gasteiger partial charge >= 0.3 is 18.0 Å². The van der Waals surface area contributed by atoms with Gasteiger partial charge in [0.15, 0.2) is 12.0 Å². The first-order valence-corrected chi connectivity index (χ1v) is 13.4. The van der Waals surface area contributed by atoms with Crippen LogP contribution in [0, 0.1) is 10.1 Å². The Morgan fingerprint density at radius 2 is 1.97 bits per heavy atom. The number of amides is 2. The predicted molar refractivity (Wildman–Crippen MR) is 134 cm³/mol. The highest BCUT2D eigenvalue weighted by molar-refractivity contribution is 8.23. The normalized spacial score (nSPS) is 23.0. The lowest BCUT2D eigenvalue weighted by molar-refractivity contribution is -0.384. The van der Waals surface area contributed by atoms with Crippen LogP contribution in [0.4, 0.5) is 10.5 Å². The van der Waals surface area contributed by atoms with Crippen LogP contribution in [-0.4, -0.2) is 79.9 Å². The maximum Gasteiger partial charge on any atom is 0.410 e. The maximum absolute atomic E-state index is 13.0. The fraction of sp³-hybridized carbons (Fsp3) is 0.478. The van der Waals surface area contributed by atoms with Crippen LogP contribution in [0.3, 0.4) is 0 Å². The molecule has 0 aliphatic carbocycles. The van der Waals surface area contributed by atoms with E-state index in [1.165, 1.54) is 71.4 Å². The van der Waals surface area contributed by atoms with E-state index in [4.69, 9.17) is 14.2 Å². The number of aliphatic hydroxyl groups excluding tert-OH is 1. The molecule has 0 spiro atoms. The van der Waals surface area contributed by atoms with Crippen molar-refractivity contribution >= 4 is 53.2 Å². The lowest BCUT2D eigenvalue weighted by Gasteiger charge is -2.34. The third kappa shape index (κ3) is 6.22. The minimum atomic E-state index is -1.35. The number of thioether (sulfide) groups is 2. The lowest BCUT2D eigenvalue weighted by atomic mass is 10.2. The van der Waals surface area contributed by atoms with Crippen molar-refractivity contribution in [2.45, 2.75) is 56.3 Å². The molecule has 0 bridgehead atoms. The van der Waals surface area contributed by atoms with Crippen molar-refractivity contribution < 1.29 is 43.4 Å². The molecule has 2 saturated heterocycles. The molecular formula is C23H25N3O10S2. The van der Waals surface area contributed by atoms with Gasteiger partial charge < -0.3 is 24.2 Å². The molecule has 3 aliphatic heterocycles. The van der Waals surface area contributed by atoms with E-state index in [2.05, 4.69) is 0 Å². The van der Waals surface area contributed by atoms with E-state index in [1.54, 1.807) is 0 Å². The standard InChI is InChI=1S/C23H25N3O10S2/c1-12(27)34-11-16-7-17(9-24(16)23(31)35-10-14-3-5-15(6-4-14)26(32)33)37-22-20(21(30)36-13(2)28)25-18(29)8-19(25)38-22/h3-6,13,16-17,19,28H,7-11H2,1-2H3/t13-,16?,17+,19-/m1/s1. The fourth-order valence-corrected chi connectivity index (χ4v) is 7.36. The number of non-ortho nitro benzene ring substituents is 1. The first-order chi connectivity index (χ1) is 18.0. The largest absolute Gasteiger partial charge is 0.464 e. The first kappa shape index (κ1) is 27.7. The number of carbonyl (C=O) groups excluding carboxylic acids is 4. The van der Waals surface area contributed by atoms with E-state index in [0.717, 1.165) is 0 Å². The summed E-state index contributed by atoms with van der Waals surface area (Å²) < 4.78 is 16.1. The van der Waals surface area contributed by atoms with Gasteiger partial charge in [0.2, 0.25) is 5.91 Å². The van der Waals surface area contributed by atoms with Gasteiger partial charge in [0.05, 0.1) is 27.0 Å². The van der Waals surface area contributed by atoms with Gasteiger partial charge in [-0.15, -0.1) is 11.8 Å². The Kier molecular flexibility index (Phi) is 8.47. The Morgan fingerprint density at radius 1 is 1.26 bits per heavy atom.